The van der Waals surface area contributed by atoms with Gasteiger partial charge in [0, 0.05) is 6.61 Å². The molecule has 86 valence electrons. The minimum Gasteiger partial charge on any atom is -0.378 e. The van der Waals surface area contributed by atoms with Crippen molar-refractivity contribution in [3.05, 3.63) is 35.9 Å². The molecule has 0 saturated carbocycles. The smallest absolute Gasteiger partial charge is 0.155 e. The van der Waals surface area contributed by atoms with Crippen LogP contribution in [-0.4, -0.2) is 20.3 Å². The Morgan fingerprint density at radius 1 is 1.38 bits per heavy atom. The van der Waals surface area contributed by atoms with Crippen molar-refractivity contribution in [3.8, 4) is 6.07 Å². The molecular weight excluding hydrogens is 200 g/mol. The molecule has 1 N–H and O–H groups in total. The van der Waals surface area contributed by atoms with Gasteiger partial charge in [-0.25, -0.2) is 0 Å². The van der Waals surface area contributed by atoms with Crippen molar-refractivity contribution in [1.82, 2.24) is 5.32 Å². The monoisotopic (exact) mass is 218 g/mol. The molecule has 1 atom stereocenters. The van der Waals surface area contributed by atoms with E-state index in [9.17, 15) is 5.26 Å². The summed E-state index contributed by atoms with van der Waals surface area (Å²) in [5.74, 6) is 0. The molecule has 3 nitrogen and oxygen atoms in total. The molecule has 0 fully saturated rings. The Balaban J connectivity index is 2.85. The number of likely N-dealkylation sites (N-methyl/N-ethyl adjacent to an activating group) is 1. The van der Waals surface area contributed by atoms with Crippen LogP contribution in [0.4, 0.5) is 0 Å². The summed E-state index contributed by atoms with van der Waals surface area (Å²) in [7, 11) is 1.78. The Bertz CT molecular complexity index is 345. The lowest BCUT2D eigenvalue weighted by molar-refractivity contribution is 0.0920. The lowest BCUT2D eigenvalue weighted by Gasteiger charge is -2.26. The SMILES string of the molecule is CCCOCC(C#N)(NC)c1ccccc1. The Morgan fingerprint density at radius 2 is 2.06 bits per heavy atom. The number of nitrogens with zero attached hydrogens (tertiary/aromatic N) is 1. The first kappa shape index (κ1) is 12.7. The van der Waals surface area contributed by atoms with Crippen LogP contribution in [0.25, 0.3) is 0 Å². The fourth-order valence-corrected chi connectivity index (χ4v) is 1.54. The molecule has 0 bridgehead atoms. The first-order valence-corrected chi connectivity index (χ1v) is 5.52. The normalized spacial score (nSPS) is 14.1. The van der Waals surface area contributed by atoms with Crippen molar-refractivity contribution in [2.45, 2.75) is 18.9 Å². The van der Waals surface area contributed by atoms with Crippen molar-refractivity contribution >= 4 is 0 Å². The number of hydrogen-bond donors (Lipinski definition) is 1. The highest BCUT2D eigenvalue weighted by Gasteiger charge is 2.30. The van der Waals surface area contributed by atoms with E-state index < -0.39 is 5.54 Å². The van der Waals surface area contributed by atoms with Crippen LogP contribution >= 0.6 is 0 Å². The highest BCUT2D eigenvalue weighted by atomic mass is 16.5. The summed E-state index contributed by atoms with van der Waals surface area (Å²) in [6.45, 7) is 3.10. The molecule has 0 aliphatic heterocycles. The Hall–Kier alpha value is -1.37. The number of rotatable bonds is 6. The van der Waals surface area contributed by atoms with Gasteiger partial charge in [0.2, 0.25) is 0 Å². The van der Waals surface area contributed by atoms with E-state index in [4.69, 9.17) is 4.74 Å². The molecule has 1 rings (SSSR count). The van der Waals surface area contributed by atoms with Gasteiger partial charge in [0.15, 0.2) is 5.54 Å². The molecule has 1 aromatic rings. The van der Waals surface area contributed by atoms with Gasteiger partial charge < -0.3 is 4.74 Å². The van der Waals surface area contributed by atoms with Gasteiger partial charge in [0.25, 0.3) is 0 Å². The average Bonchev–Trinajstić information content (AvgIpc) is 2.36. The Morgan fingerprint density at radius 3 is 2.56 bits per heavy atom. The third kappa shape index (κ3) is 2.82. The highest BCUT2D eigenvalue weighted by Crippen LogP contribution is 2.20. The maximum absolute atomic E-state index is 9.34. The first-order chi connectivity index (χ1) is 7.79. The van der Waals surface area contributed by atoms with Crippen LogP contribution in [0.1, 0.15) is 18.9 Å². The number of nitrogens with one attached hydrogen (secondary N) is 1. The van der Waals surface area contributed by atoms with Gasteiger partial charge in [-0.05, 0) is 19.0 Å². The van der Waals surface area contributed by atoms with Gasteiger partial charge in [-0.1, -0.05) is 37.3 Å². The third-order valence-corrected chi connectivity index (χ3v) is 2.55. The van der Waals surface area contributed by atoms with Crippen LogP contribution in [0, 0.1) is 11.3 Å². The van der Waals surface area contributed by atoms with Crippen LogP contribution < -0.4 is 5.32 Å². The zero-order valence-corrected chi connectivity index (χ0v) is 9.86. The van der Waals surface area contributed by atoms with Crippen LogP contribution in [0.15, 0.2) is 30.3 Å². The lowest BCUT2D eigenvalue weighted by Crippen LogP contribution is -2.43. The summed E-state index contributed by atoms with van der Waals surface area (Å²) >= 11 is 0. The van der Waals surface area contributed by atoms with E-state index in [2.05, 4.69) is 18.3 Å². The molecular formula is C13H18N2O. The summed E-state index contributed by atoms with van der Waals surface area (Å²) < 4.78 is 5.50. The summed E-state index contributed by atoms with van der Waals surface area (Å²) in [6, 6.07) is 12.0. The van der Waals surface area contributed by atoms with Crippen LogP contribution in [0.2, 0.25) is 0 Å². The quantitative estimate of drug-likeness (QED) is 0.743. The molecule has 3 heteroatoms. The number of nitriles is 1. The lowest BCUT2D eigenvalue weighted by atomic mass is 9.92. The average molecular weight is 218 g/mol. The number of ether oxygens (including phenoxy) is 1. The molecule has 0 aliphatic rings. The highest BCUT2D eigenvalue weighted by molar-refractivity contribution is 5.31. The second kappa shape index (κ2) is 6.26. The van der Waals surface area contributed by atoms with Crippen molar-refractivity contribution in [2.75, 3.05) is 20.3 Å². The largest absolute Gasteiger partial charge is 0.378 e. The predicted octanol–water partition coefficient (Wildman–Crippen LogP) is 2.05. The van der Waals surface area contributed by atoms with E-state index in [0.717, 1.165) is 12.0 Å². The maximum atomic E-state index is 9.34. The summed E-state index contributed by atoms with van der Waals surface area (Å²) in [5.41, 5.74) is 0.201. The molecule has 0 aliphatic carbocycles. The molecule has 0 radical (unpaired) electrons. The van der Waals surface area contributed by atoms with Crippen molar-refractivity contribution in [1.29, 1.82) is 5.26 Å². The number of benzene rings is 1. The summed E-state index contributed by atoms with van der Waals surface area (Å²) in [4.78, 5) is 0. The molecule has 1 unspecified atom stereocenters. The third-order valence-electron chi connectivity index (χ3n) is 2.55. The topological polar surface area (TPSA) is 45.0 Å². The van der Waals surface area contributed by atoms with Gasteiger partial charge in [-0.3, -0.25) is 5.32 Å². The number of hydrogen-bond acceptors (Lipinski definition) is 3. The van der Waals surface area contributed by atoms with Crippen molar-refractivity contribution in [2.24, 2.45) is 0 Å². The molecule has 1 aromatic carbocycles. The van der Waals surface area contributed by atoms with Crippen LogP contribution in [0.3, 0.4) is 0 Å². The van der Waals surface area contributed by atoms with Gasteiger partial charge in [-0.15, -0.1) is 0 Å². The van der Waals surface area contributed by atoms with E-state index in [-0.39, 0.29) is 0 Å². The van der Waals surface area contributed by atoms with Gasteiger partial charge in [0.1, 0.15) is 0 Å². The molecule has 0 heterocycles. The minimum absolute atomic E-state index is 0.373. The van der Waals surface area contributed by atoms with Gasteiger partial charge in [0.05, 0.1) is 12.7 Å². The molecule has 0 amide bonds. The van der Waals surface area contributed by atoms with Crippen molar-refractivity contribution in [3.63, 3.8) is 0 Å². The summed E-state index contributed by atoms with van der Waals surface area (Å²) in [5, 5.41) is 12.4. The van der Waals surface area contributed by atoms with E-state index in [0.29, 0.717) is 13.2 Å². The van der Waals surface area contributed by atoms with E-state index in [1.165, 1.54) is 0 Å². The first-order valence-electron chi connectivity index (χ1n) is 5.52. The zero-order chi connectivity index (χ0) is 11.9. The standard InChI is InChI=1S/C13H18N2O/c1-3-9-16-11-13(10-14,15-2)12-7-5-4-6-8-12/h4-8,15H,3,9,11H2,1-2H3. The van der Waals surface area contributed by atoms with Crippen LogP contribution in [0.5, 0.6) is 0 Å². The van der Waals surface area contributed by atoms with Crippen LogP contribution in [-0.2, 0) is 10.3 Å². The van der Waals surface area contributed by atoms with Crippen molar-refractivity contribution < 1.29 is 4.74 Å². The fourth-order valence-electron chi connectivity index (χ4n) is 1.54. The Labute approximate surface area is 97.0 Å². The molecule has 0 aromatic heterocycles. The fraction of sp³-hybridized carbons (Fsp3) is 0.462. The molecule has 0 saturated heterocycles. The van der Waals surface area contributed by atoms with Gasteiger partial charge >= 0.3 is 0 Å². The molecule has 16 heavy (non-hydrogen) atoms. The minimum atomic E-state index is -0.740. The zero-order valence-electron chi connectivity index (χ0n) is 9.86. The predicted molar refractivity (Wildman–Crippen MR) is 63.9 cm³/mol. The van der Waals surface area contributed by atoms with E-state index in [1.54, 1.807) is 7.05 Å². The van der Waals surface area contributed by atoms with Gasteiger partial charge in [-0.2, -0.15) is 5.26 Å². The molecule has 0 spiro atoms. The van der Waals surface area contributed by atoms with E-state index >= 15 is 0 Å². The Kier molecular flexibility index (Phi) is 4.97. The van der Waals surface area contributed by atoms with E-state index in [1.807, 2.05) is 30.3 Å². The summed E-state index contributed by atoms with van der Waals surface area (Å²) in [6.07, 6.45) is 0.958. The second-order valence-corrected chi connectivity index (χ2v) is 3.69. The maximum Gasteiger partial charge on any atom is 0.155 e. The second-order valence-electron chi connectivity index (χ2n) is 3.69.